The molecule has 0 aromatic heterocycles. The van der Waals surface area contributed by atoms with E-state index >= 15 is 0 Å². The van der Waals surface area contributed by atoms with E-state index in [4.69, 9.17) is 16.3 Å². The summed E-state index contributed by atoms with van der Waals surface area (Å²) in [5.74, 6) is -0.303. The van der Waals surface area contributed by atoms with Gasteiger partial charge < -0.3 is 9.64 Å². The first-order valence-corrected chi connectivity index (χ1v) is 10.6. The molecule has 5 heteroatoms. The molecule has 154 valence electrons. The second-order valence-corrected chi connectivity index (χ2v) is 7.81. The first-order valence-electron chi connectivity index (χ1n) is 10.2. The van der Waals surface area contributed by atoms with E-state index in [2.05, 4.69) is 40.1 Å². The minimum atomic E-state index is -0.303. The lowest BCUT2D eigenvalue weighted by atomic mass is 10.0. The van der Waals surface area contributed by atoms with Crippen LogP contribution in [0.5, 0.6) is 0 Å². The topological polar surface area (TPSA) is 32.8 Å². The van der Waals surface area contributed by atoms with Gasteiger partial charge in [-0.15, -0.1) is 0 Å². The first kappa shape index (κ1) is 20.5. The van der Waals surface area contributed by atoms with Crippen molar-refractivity contribution in [2.75, 3.05) is 44.2 Å². The molecule has 1 aliphatic rings. The predicted molar refractivity (Wildman–Crippen MR) is 124 cm³/mol. The van der Waals surface area contributed by atoms with E-state index in [0.29, 0.717) is 6.61 Å². The molecule has 1 fully saturated rings. The summed E-state index contributed by atoms with van der Waals surface area (Å²) in [7, 11) is 0. The largest absolute Gasteiger partial charge is 0.461 e. The van der Waals surface area contributed by atoms with E-state index in [0.717, 1.165) is 54.1 Å². The molecule has 3 aromatic rings. The van der Waals surface area contributed by atoms with Crippen molar-refractivity contribution in [3.63, 3.8) is 0 Å². The monoisotopic (exact) mass is 420 g/mol. The average Bonchev–Trinajstić information content (AvgIpc) is 2.79. The third-order valence-corrected chi connectivity index (χ3v) is 5.69. The molecular formula is C25H25ClN2O2. The van der Waals surface area contributed by atoms with Crippen molar-refractivity contribution < 1.29 is 9.53 Å². The quantitative estimate of drug-likeness (QED) is 0.420. The fourth-order valence-electron chi connectivity index (χ4n) is 3.76. The number of esters is 1. The summed E-state index contributed by atoms with van der Waals surface area (Å²) < 4.78 is 5.41. The molecular weight excluding hydrogens is 396 g/mol. The summed E-state index contributed by atoms with van der Waals surface area (Å²) in [4.78, 5) is 16.8. The van der Waals surface area contributed by atoms with Crippen LogP contribution >= 0.6 is 11.6 Å². The summed E-state index contributed by atoms with van der Waals surface area (Å²) in [5.41, 5.74) is 2.22. The van der Waals surface area contributed by atoms with Gasteiger partial charge in [0.15, 0.2) is 0 Å². The van der Waals surface area contributed by atoms with Gasteiger partial charge >= 0.3 is 5.97 Å². The van der Waals surface area contributed by atoms with E-state index in [1.165, 1.54) is 11.8 Å². The molecule has 0 spiro atoms. The number of hydrogen-bond donors (Lipinski definition) is 0. The van der Waals surface area contributed by atoms with Crippen LogP contribution in [-0.2, 0) is 9.53 Å². The summed E-state index contributed by atoms with van der Waals surface area (Å²) >= 11 is 5.97. The number of piperazine rings is 1. The molecule has 0 amide bonds. The lowest BCUT2D eigenvalue weighted by molar-refractivity contribution is -0.138. The highest BCUT2D eigenvalue weighted by Crippen LogP contribution is 2.20. The predicted octanol–water partition coefficient (Wildman–Crippen LogP) is 4.87. The van der Waals surface area contributed by atoms with Gasteiger partial charge in [0.1, 0.15) is 6.61 Å². The number of halogens is 1. The molecule has 0 unspecified atom stereocenters. The number of benzene rings is 3. The molecule has 1 saturated heterocycles. The van der Waals surface area contributed by atoms with Crippen molar-refractivity contribution in [1.82, 2.24) is 4.90 Å². The van der Waals surface area contributed by atoms with Gasteiger partial charge in [-0.3, -0.25) is 4.90 Å². The molecule has 30 heavy (non-hydrogen) atoms. The van der Waals surface area contributed by atoms with Crippen LogP contribution in [0.3, 0.4) is 0 Å². The highest BCUT2D eigenvalue weighted by molar-refractivity contribution is 6.30. The van der Waals surface area contributed by atoms with Crippen LogP contribution in [0, 0.1) is 0 Å². The van der Waals surface area contributed by atoms with Crippen LogP contribution in [0.25, 0.3) is 16.8 Å². The van der Waals surface area contributed by atoms with Crippen LogP contribution in [-0.4, -0.2) is 50.2 Å². The number of ether oxygens (including phenoxy) is 1. The number of fused-ring (bicyclic) bond motifs is 1. The normalized spacial score (nSPS) is 15.0. The minimum Gasteiger partial charge on any atom is -0.461 e. The number of rotatable bonds is 6. The summed E-state index contributed by atoms with van der Waals surface area (Å²) in [5, 5.41) is 3.04. The number of carbonyl (C=O) groups is 1. The van der Waals surface area contributed by atoms with E-state index in [1.54, 1.807) is 0 Å². The Bertz CT molecular complexity index is 1020. The summed E-state index contributed by atoms with van der Waals surface area (Å²) in [6.07, 6.45) is 3.34. The van der Waals surface area contributed by atoms with Crippen molar-refractivity contribution in [2.45, 2.75) is 0 Å². The average molecular weight is 421 g/mol. The molecule has 0 N–H and O–H groups in total. The molecule has 4 nitrogen and oxygen atoms in total. The lowest BCUT2D eigenvalue weighted by Gasteiger charge is -2.35. The van der Waals surface area contributed by atoms with Crippen LogP contribution in [0.2, 0.25) is 5.02 Å². The van der Waals surface area contributed by atoms with Crippen LogP contribution < -0.4 is 4.90 Å². The Morgan fingerprint density at radius 3 is 2.47 bits per heavy atom. The van der Waals surface area contributed by atoms with Crippen molar-refractivity contribution in [3.05, 3.63) is 83.4 Å². The van der Waals surface area contributed by atoms with Crippen molar-refractivity contribution >= 4 is 40.1 Å². The zero-order valence-electron chi connectivity index (χ0n) is 16.8. The second kappa shape index (κ2) is 9.79. The molecule has 4 rings (SSSR count). The molecule has 0 saturated carbocycles. The van der Waals surface area contributed by atoms with Gasteiger partial charge in [0.2, 0.25) is 0 Å². The molecule has 1 heterocycles. The van der Waals surface area contributed by atoms with E-state index < -0.39 is 0 Å². The zero-order chi connectivity index (χ0) is 20.8. The molecule has 3 aromatic carbocycles. The van der Waals surface area contributed by atoms with Gasteiger partial charge in [-0.25, -0.2) is 4.79 Å². The molecule has 0 bridgehead atoms. The van der Waals surface area contributed by atoms with E-state index in [-0.39, 0.29) is 5.97 Å². The Balaban J connectivity index is 1.21. The number of anilines is 1. The van der Waals surface area contributed by atoms with E-state index in [1.807, 2.05) is 42.5 Å². The van der Waals surface area contributed by atoms with E-state index in [9.17, 15) is 4.79 Å². The number of carbonyl (C=O) groups excluding carboxylic acids is 1. The second-order valence-electron chi connectivity index (χ2n) is 7.37. The molecule has 1 aliphatic heterocycles. The zero-order valence-corrected chi connectivity index (χ0v) is 17.6. The Hall–Kier alpha value is -2.82. The Morgan fingerprint density at radius 1 is 0.933 bits per heavy atom. The Labute approximate surface area is 182 Å². The lowest BCUT2D eigenvalue weighted by Crippen LogP contribution is -2.47. The molecule has 0 radical (unpaired) electrons. The standard InChI is InChI=1S/C25H25ClN2O2/c26-22-9-11-23(12-10-22)28-16-14-27(15-17-28)18-19-30-25(29)13-8-21-6-3-5-20-4-1-2-7-24(20)21/h1-13H,14-19H2. The fourth-order valence-corrected chi connectivity index (χ4v) is 3.88. The van der Waals surface area contributed by atoms with Gasteiger partial charge in [0.05, 0.1) is 0 Å². The van der Waals surface area contributed by atoms with Gasteiger partial charge in [-0.1, -0.05) is 54.1 Å². The van der Waals surface area contributed by atoms with Crippen LogP contribution in [0.1, 0.15) is 5.56 Å². The molecule has 0 atom stereocenters. The van der Waals surface area contributed by atoms with Gasteiger partial charge in [-0.2, -0.15) is 0 Å². The van der Waals surface area contributed by atoms with Gasteiger partial charge in [0, 0.05) is 49.5 Å². The van der Waals surface area contributed by atoms with Gasteiger partial charge in [-0.05, 0) is 46.7 Å². The van der Waals surface area contributed by atoms with Crippen LogP contribution in [0.15, 0.2) is 72.8 Å². The fraction of sp³-hybridized carbons (Fsp3) is 0.240. The highest BCUT2D eigenvalue weighted by atomic mass is 35.5. The molecule has 0 aliphatic carbocycles. The number of hydrogen-bond acceptors (Lipinski definition) is 4. The van der Waals surface area contributed by atoms with Crippen molar-refractivity contribution in [2.24, 2.45) is 0 Å². The SMILES string of the molecule is O=C(C=Cc1cccc2ccccc12)OCCN1CCN(c2ccc(Cl)cc2)CC1. The Kier molecular flexibility index (Phi) is 6.67. The number of nitrogens with zero attached hydrogens (tertiary/aromatic N) is 2. The maximum absolute atomic E-state index is 12.1. The third-order valence-electron chi connectivity index (χ3n) is 5.44. The highest BCUT2D eigenvalue weighted by Gasteiger charge is 2.17. The Morgan fingerprint density at radius 2 is 1.67 bits per heavy atom. The van der Waals surface area contributed by atoms with Gasteiger partial charge in [0.25, 0.3) is 0 Å². The maximum atomic E-state index is 12.1. The smallest absolute Gasteiger partial charge is 0.330 e. The third kappa shape index (κ3) is 5.21. The van der Waals surface area contributed by atoms with Crippen molar-refractivity contribution in [3.8, 4) is 0 Å². The summed E-state index contributed by atoms with van der Waals surface area (Å²) in [6, 6.07) is 22.2. The minimum absolute atomic E-state index is 0.303. The maximum Gasteiger partial charge on any atom is 0.330 e. The summed E-state index contributed by atoms with van der Waals surface area (Å²) in [6.45, 7) is 4.97. The van der Waals surface area contributed by atoms with Crippen LogP contribution in [0.4, 0.5) is 5.69 Å². The first-order chi connectivity index (χ1) is 14.7. The van der Waals surface area contributed by atoms with Crippen molar-refractivity contribution in [1.29, 1.82) is 0 Å².